The van der Waals surface area contributed by atoms with Gasteiger partial charge in [-0.15, -0.1) is 0 Å². The molecule has 2 aromatic rings. The Kier molecular flexibility index (Phi) is 4.34. The third-order valence-corrected chi connectivity index (χ3v) is 4.25. The molecule has 1 aliphatic rings. The zero-order chi connectivity index (χ0) is 14.7. The molecule has 1 atom stereocenters. The molecular weight excluding hydrogens is 260 g/mol. The highest BCUT2D eigenvalue weighted by atomic mass is 15.3. The van der Waals surface area contributed by atoms with Crippen LogP contribution < -0.4 is 0 Å². The van der Waals surface area contributed by atoms with Crippen molar-refractivity contribution in [1.82, 2.24) is 19.7 Å². The Morgan fingerprint density at radius 1 is 1.29 bits per heavy atom. The van der Waals surface area contributed by atoms with Gasteiger partial charge in [0.25, 0.3) is 0 Å². The minimum Gasteiger partial charge on any atom is -0.297 e. The maximum absolute atomic E-state index is 4.49. The number of hydrogen-bond donors (Lipinski definition) is 0. The predicted octanol–water partition coefficient (Wildman–Crippen LogP) is 2.58. The summed E-state index contributed by atoms with van der Waals surface area (Å²) in [6.07, 6.45) is 7.82. The van der Waals surface area contributed by atoms with Gasteiger partial charge in [0.1, 0.15) is 0 Å². The molecule has 3 heterocycles. The van der Waals surface area contributed by atoms with Crippen molar-refractivity contribution >= 4 is 0 Å². The van der Waals surface area contributed by atoms with Crippen molar-refractivity contribution in [3.05, 3.63) is 47.5 Å². The van der Waals surface area contributed by atoms with E-state index < -0.39 is 0 Å². The predicted molar refractivity (Wildman–Crippen MR) is 83.9 cm³/mol. The van der Waals surface area contributed by atoms with E-state index >= 15 is 0 Å². The molecule has 0 saturated carbocycles. The van der Waals surface area contributed by atoms with Crippen molar-refractivity contribution < 1.29 is 0 Å². The van der Waals surface area contributed by atoms with Crippen molar-refractivity contribution in [2.75, 3.05) is 13.1 Å². The van der Waals surface area contributed by atoms with Gasteiger partial charge in [-0.3, -0.25) is 14.6 Å². The van der Waals surface area contributed by atoms with Crippen LogP contribution in [0.4, 0.5) is 0 Å². The van der Waals surface area contributed by atoms with E-state index in [9.17, 15) is 0 Å². The van der Waals surface area contributed by atoms with Crippen LogP contribution in [0.15, 0.2) is 30.6 Å². The van der Waals surface area contributed by atoms with E-state index in [0.29, 0.717) is 0 Å². The van der Waals surface area contributed by atoms with Crippen molar-refractivity contribution in [3.63, 3.8) is 0 Å². The van der Waals surface area contributed by atoms with Crippen molar-refractivity contribution in [3.8, 4) is 0 Å². The lowest BCUT2D eigenvalue weighted by molar-refractivity contribution is 0.165. The minimum absolute atomic E-state index is 0.743. The summed E-state index contributed by atoms with van der Waals surface area (Å²) in [7, 11) is 1.98. The molecule has 0 N–H and O–H groups in total. The van der Waals surface area contributed by atoms with Crippen LogP contribution in [0.1, 0.15) is 29.8 Å². The van der Waals surface area contributed by atoms with Gasteiger partial charge in [0.2, 0.25) is 0 Å². The van der Waals surface area contributed by atoms with E-state index in [2.05, 4.69) is 33.2 Å². The fraction of sp³-hybridized carbons (Fsp3) is 0.529. The van der Waals surface area contributed by atoms with Gasteiger partial charge in [-0.1, -0.05) is 6.07 Å². The maximum Gasteiger partial charge on any atom is 0.0764 e. The smallest absolute Gasteiger partial charge is 0.0764 e. The highest BCUT2D eigenvalue weighted by Gasteiger charge is 2.20. The monoisotopic (exact) mass is 284 g/mol. The first-order valence-corrected chi connectivity index (χ1v) is 7.81. The number of aryl methyl sites for hydroxylation is 2. The summed E-state index contributed by atoms with van der Waals surface area (Å²) in [6.45, 7) is 5.38. The topological polar surface area (TPSA) is 34.0 Å². The van der Waals surface area contributed by atoms with Crippen LogP contribution in [0.2, 0.25) is 0 Å². The van der Waals surface area contributed by atoms with Gasteiger partial charge in [-0.2, -0.15) is 5.10 Å². The molecule has 3 rings (SSSR count). The molecule has 1 saturated heterocycles. The zero-order valence-corrected chi connectivity index (χ0v) is 13.0. The van der Waals surface area contributed by atoms with Gasteiger partial charge in [0, 0.05) is 38.2 Å². The van der Waals surface area contributed by atoms with Crippen molar-refractivity contribution in [1.29, 1.82) is 0 Å². The number of hydrogen-bond acceptors (Lipinski definition) is 3. The Bertz CT molecular complexity index is 573. The summed E-state index contributed by atoms with van der Waals surface area (Å²) >= 11 is 0. The summed E-state index contributed by atoms with van der Waals surface area (Å²) in [6, 6.07) is 6.46. The molecule has 0 aromatic carbocycles. The third-order valence-electron chi connectivity index (χ3n) is 4.25. The van der Waals surface area contributed by atoms with Crippen LogP contribution >= 0.6 is 0 Å². The molecule has 0 amide bonds. The van der Waals surface area contributed by atoms with Gasteiger partial charge in [0.15, 0.2) is 0 Å². The van der Waals surface area contributed by atoms with E-state index in [0.717, 1.165) is 24.6 Å². The average Bonchev–Trinajstić information content (AvgIpc) is 2.87. The van der Waals surface area contributed by atoms with E-state index in [4.69, 9.17) is 0 Å². The van der Waals surface area contributed by atoms with E-state index in [1.807, 2.05) is 31.0 Å². The first-order chi connectivity index (χ1) is 10.2. The van der Waals surface area contributed by atoms with Crippen molar-refractivity contribution in [2.24, 2.45) is 13.0 Å². The lowest BCUT2D eigenvalue weighted by atomic mass is 9.92. The fourth-order valence-electron chi connectivity index (χ4n) is 3.19. The van der Waals surface area contributed by atoms with Crippen LogP contribution in [0.25, 0.3) is 0 Å². The molecule has 112 valence electrons. The van der Waals surface area contributed by atoms with Gasteiger partial charge in [-0.25, -0.2) is 0 Å². The quantitative estimate of drug-likeness (QED) is 0.865. The average molecular weight is 284 g/mol. The number of rotatable bonds is 4. The summed E-state index contributed by atoms with van der Waals surface area (Å²) in [5.74, 6) is 0.743. The van der Waals surface area contributed by atoms with Crippen LogP contribution in [0.3, 0.4) is 0 Å². The molecule has 2 aromatic heterocycles. The second-order valence-electron chi connectivity index (χ2n) is 6.24. The molecule has 0 radical (unpaired) electrons. The van der Waals surface area contributed by atoms with E-state index in [-0.39, 0.29) is 0 Å². The summed E-state index contributed by atoms with van der Waals surface area (Å²) < 4.78 is 1.88. The molecule has 4 heteroatoms. The normalized spacial score (nSPS) is 19.8. The first kappa shape index (κ1) is 14.3. The Labute approximate surface area is 126 Å². The molecule has 21 heavy (non-hydrogen) atoms. The van der Waals surface area contributed by atoms with E-state index in [1.54, 1.807) is 0 Å². The highest BCUT2D eigenvalue weighted by molar-refractivity contribution is 5.14. The first-order valence-electron chi connectivity index (χ1n) is 7.81. The number of aromatic nitrogens is 3. The number of likely N-dealkylation sites (tertiary alicyclic amines) is 1. The Morgan fingerprint density at radius 3 is 2.90 bits per heavy atom. The molecule has 0 aliphatic carbocycles. The standard InChI is InChI=1S/C17H24N4/c1-14-5-6-15(11-18-14)10-16-4-3-8-21(12-16)13-17-7-9-20(2)19-17/h5-7,9,11,16H,3-4,8,10,12-13H2,1-2H3. The summed E-state index contributed by atoms with van der Waals surface area (Å²) in [4.78, 5) is 6.95. The molecule has 1 aliphatic heterocycles. The second-order valence-corrected chi connectivity index (χ2v) is 6.24. The number of pyridine rings is 1. The molecule has 1 unspecified atom stereocenters. The molecule has 0 spiro atoms. The Hall–Kier alpha value is -1.68. The summed E-state index contributed by atoms with van der Waals surface area (Å²) in [5, 5.41) is 4.49. The van der Waals surface area contributed by atoms with Crippen LogP contribution in [-0.2, 0) is 20.0 Å². The SMILES string of the molecule is Cc1ccc(CC2CCCN(Cc3ccn(C)n3)C2)cn1. The lowest BCUT2D eigenvalue weighted by Crippen LogP contribution is -2.35. The molecule has 1 fully saturated rings. The Morgan fingerprint density at radius 2 is 2.19 bits per heavy atom. The Balaban J connectivity index is 1.56. The van der Waals surface area contributed by atoms with Crippen LogP contribution in [-0.4, -0.2) is 32.8 Å². The highest BCUT2D eigenvalue weighted by Crippen LogP contribution is 2.21. The summed E-state index contributed by atoms with van der Waals surface area (Å²) in [5.41, 5.74) is 3.64. The molecule has 4 nitrogen and oxygen atoms in total. The van der Waals surface area contributed by atoms with Crippen LogP contribution in [0, 0.1) is 12.8 Å². The maximum atomic E-state index is 4.49. The molecular formula is C17H24N4. The van der Waals surface area contributed by atoms with Gasteiger partial charge >= 0.3 is 0 Å². The lowest BCUT2D eigenvalue weighted by Gasteiger charge is -2.32. The van der Waals surface area contributed by atoms with E-state index in [1.165, 1.54) is 37.2 Å². The van der Waals surface area contributed by atoms with Crippen molar-refractivity contribution in [2.45, 2.75) is 32.7 Å². The van der Waals surface area contributed by atoms with Gasteiger partial charge in [0.05, 0.1) is 5.69 Å². The van der Waals surface area contributed by atoms with Gasteiger partial charge in [-0.05, 0) is 56.3 Å². The third kappa shape index (κ3) is 3.91. The number of nitrogens with zero attached hydrogens (tertiary/aromatic N) is 4. The van der Waals surface area contributed by atoms with Gasteiger partial charge < -0.3 is 0 Å². The van der Waals surface area contributed by atoms with Crippen LogP contribution in [0.5, 0.6) is 0 Å². The zero-order valence-electron chi connectivity index (χ0n) is 13.0. The molecule has 0 bridgehead atoms. The second kappa shape index (κ2) is 6.39. The number of piperidine rings is 1. The fourth-order valence-corrected chi connectivity index (χ4v) is 3.19. The minimum atomic E-state index is 0.743. The largest absolute Gasteiger partial charge is 0.297 e.